The number of aryl methyl sites for hydroxylation is 1. The Morgan fingerprint density at radius 2 is 1.54 bits per heavy atom. The highest BCUT2D eigenvalue weighted by atomic mass is 32.1. The van der Waals surface area contributed by atoms with Crippen LogP contribution in [0, 0.1) is 6.92 Å². The predicted octanol–water partition coefficient (Wildman–Crippen LogP) is 3.72. The molecule has 0 saturated heterocycles. The lowest BCUT2D eigenvalue weighted by Gasteiger charge is -2.14. The first-order valence-electron chi connectivity index (χ1n) is 8.05. The van der Waals surface area contributed by atoms with E-state index in [1.165, 1.54) is 20.3 Å². The fourth-order valence-electron chi connectivity index (χ4n) is 2.30. The second kappa shape index (κ2) is 11.5. The maximum Gasteiger partial charge on any atom is 0.338 e. The third-order valence-electron chi connectivity index (χ3n) is 3.55. The summed E-state index contributed by atoms with van der Waals surface area (Å²) < 4.78 is 32.1. The van der Waals surface area contributed by atoms with Crippen LogP contribution in [0.25, 0.3) is 6.08 Å². The summed E-state index contributed by atoms with van der Waals surface area (Å²) in [6, 6.07) is 10.4. The molecule has 0 aliphatic heterocycles. The van der Waals surface area contributed by atoms with E-state index >= 15 is 0 Å². The van der Waals surface area contributed by atoms with Crippen LogP contribution in [-0.2, 0) is 21.0 Å². The van der Waals surface area contributed by atoms with Gasteiger partial charge in [-0.25, -0.2) is 9.59 Å². The molecule has 0 aromatic heterocycles. The second-order valence-electron chi connectivity index (χ2n) is 5.40. The van der Waals surface area contributed by atoms with E-state index in [1.807, 2.05) is 38.1 Å². The van der Waals surface area contributed by atoms with Gasteiger partial charge in [0, 0.05) is 5.56 Å². The highest BCUT2D eigenvalue weighted by Gasteiger charge is 2.20. The molecule has 2 rings (SSSR count). The lowest BCUT2D eigenvalue weighted by atomic mass is 10.0. The van der Waals surface area contributed by atoms with Gasteiger partial charge in [0.2, 0.25) is 0 Å². The Kier molecular flexibility index (Phi) is 9.32. The number of ether oxygens (including phenoxy) is 3. The maximum absolute atomic E-state index is 12.2. The molecule has 0 spiro atoms. The molecule has 2 aromatic carbocycles. The minimum Gasteiger partial charge on any atom is -0.465 e. The van der Waals surface area contributed by atoms with E-state index in [1.54, 1.807) is 18.2 Å². The fourth-order valence-corrected chi connectivity index (χ4v) is 2.30. The van der Waals surface area contributed by atoms with Crippen LogP contribution in [0.2, 0.25) is 0 Å². The number of carbonyl (C=O) groups excluding carboxylic acids is 2. The molecule has 148 valence electrons. The van der Waals surface area contributed by atoms with Gasteiger partial charge < -0.3 is 14.2 Å². The monoisotopic (exact) mass is 404 g/mol. The summed E-state index contributed by atoms with van der Waals surface area (Å²) >= 11 is -0.750. The van der Waals surface area contributed by atoms with Crippen molar-refractivity contribution in [1.29, 1.82) is 0 Å². The Morgan fingerprint density at radius 1 is 0.964 bits per heavy atom. The van der Waals surface area contributed by atoms with Crippen LogP contribution < -0.4 is 4.74 Å². The molecule has 0 radical (unpaired) electrons. The van der Waals surface area contributed by atoms with Crippen LogP contribution in [0.1, 0.15) is 38.8 Å². The number of carbonyl (C=O) groups is 2. The van der Waals surface area contributed by atoms with Crippen molar-refractivity contribution >= 4 is 29.6 Å². The minimum atomic E-state index is -0.750. The van der Waals surface area contributed by atoms with E-state index in [4.69, 9.17) is 22.6 Å². The fraction of sp³-hybridized carbons (Fsp3) is 0.200. The van der Waals surface area contributed by atoms with Crippen LogP contribution in [-0.4, -0.2) is 34.6 Å². The first-order chi connectivity index (χ1) is 13.4. The van der Waals surface area contributed by atoms with Gasteiger partial charge in [-0.1, -0.05) is 29.8 Å². The van der Waals surface area contributed by atoms with Crippen molar-refractivity contribution in [2.75, 3.05) is 14.2 Å². The number of allylic oxidation sites excluding steroid dienone is 1. The highest BCUT2D eigenvalue weighted by Crippen LogP contribution is 2.31. The number of esters is 2. The highest BCUT2D eigenvalue weighted by molar-refractivity contribution is 7.51. The maximum atomic E-state index is 12.2. The van der Waals surface area contributed by atoms with Crippen LogP contribution in [0.4, 0.5) is 0 Å². The van der Waals surface area contributed by atoms with Crippen LogP contribution in [0.5, 0.6) is 11.5 Å². The van der Waals surface area contributed by atoms with Crippen molar-refractivity contribution in [3.8, 4) is 11.5 Å². The van der Waals surface area contributed by atoms with Gasteiger partial charge in [0.1, 0.15) is 11.5 Å². The standard InChI is InChI=1S/C20H20O5.O2S/c1-5-6-16-17(20(22)24-4)11-14(19(21)23-3)12-18(16)25-15-9-7-13(2)8-10-15;1-3-2/h5-12H,1-4H3;/b6-5+;. The van der Waals surface area contributed by atoms with E-state index in [0.29, 0.717) is 17.1 Å². The molecule has 0 atom stereocenters. The summed E-state index contributed by atoms with van der Waals surface area (Å²) in [5.41, 5.74) is 2.06. The van der Waals surface area contributed by atoms with Gasteiger partial charge in [0.25, 0.3) is 0 Å². The first-order valence-corrected chi connectivity index (χ1v) is 8.72. The molecule has 8 heteroatoms. The molecule has 0 N–H and O–H groups in total. The summed E-state index contributed by atoms with van der Waals surface area (Å²) in [6.07, 6.45) is 3.51. The molecule has 0 aliphatic rings. The van der Waals surface area contributed by atoms with E-state index < -0.39 is 23.5 Å². The zero-order chi connectivity index (χ0) is 21.1. The first kappa shape index (κ1) is 22.8. The Balaban J connectivity index is 0.00000122. The molecular weight excluding hydrogens is 384 g/mol. The SMILES string of the molecule is C/C=C/c1c(Oc2ccc(C)cc2)cc(C(=O)OC)cc1C(=O)OC.O=S=O. The topological polar surface area (TPSA) is 96.0 Å². The van der Waals surface area contributed by atoms with Gasteiger partial charge in [0.15, 0.2) is 0 Å². The zero-order valence-corrected chi connectivity index (χ0v) is 16.7. The Hall–Kier alpha value is -3.26. The summed E-state index contributed by atoms with van der Waals surface area (Å²) in [4.78, 5) is 24.1. The van der Waals surface area contributed by atoms with Crippen molar-refractivity contribution in [2.45, 2.75) is 13.8 Å². The molecule has 0 amide bonds. The normalized spacial score (nSPS) is 9.86. The lowest BCUT2D eigenvalue weighted by Crippen LogP contribution is -2.09. The number of hydrogen-bond donors (Lipinski definition) is 0. The molecule has 0 fully saturated rings. The van der Waals surface area contributed by atoms with Crippen molar-refractivity contribution in [1.82, 2.24) is 0 Å². The van der Waals surface area contributed by atoms with E-state index in [0.717, 1.165) is 5.56 Å². The average molecular weight is 404 g/mol. The molecule has 2 aromatic rings. The van der Waals surface area contributed by atoms with Gasteiger partial charge in [-0.3, -0.25) is 0 Å². The average Bonchev–Trinajstić information content (AvgIpc) is 2.70. The van der Waals surface area contributed by atoms with Crippen molar-refractivity contribution in [3.63, 3.8) is 0 Å². The minimum absolute atomic E-state index is 0.207. The van der Waals surface area contributed by atoms with Crippen LogP contribution in [0.3, 0.4) is 0 Å². The van der Waals surface area contributed by atoms with Crippen molar-refractivity contribution in [3.05, 3.63) is 64.7 Å². The molecular formula is C20H20O7S. The van der Waals surface area contributed by atoms with Gasteiger partial charge in [0.05, 0.1) is 25.3 Å². The summed E-state index contributed by atoms with van der Waals surface area (Å²) in [5, 5.41) is 0. The van der Waals surface area contributed by atoms with Gasteiger partial charge in [-0.15, -0.1) is 0 Å². The van der Waals surface area contributed by atoms with Crippen molar-refractivity contribution in [2.24, 2.45) is 0 Å². The Morgan fingerprint density at radius 3 is 2.04 bits per heavy atom. The third-order valence-corrected chi connectivity index (χ3v) is 3.55. The molecule has 0 bridgehead atoms. The summed E-state index contributed by atoms with van der Waals surface area (Å²) in [7, 11) is 2.56. The number of benzene rings is 2. The number of methoxy groups -OCH3 is 2. The molecule has 7 nitrogen and oxygen atoms in total. The van der Waals surface area contributed by atoms with Crippen LogP contribution in [0.15, 0.2) is 42.5 Å². The van der Waals surface area contributed by atoms with Gasteiger partial charge in [-0.05, 0) is 38.1 Å². The largest absolute Gasteiger partial charge is 0.465 e. The molecule has 28 heavy (non-hydrogen) atoms. The Labute approximate surface area is 166 Å². The Bertz CT molecular complexity index is 896. The van der Waals surface area contributed by atoms with E-state index in [-0.39, 0.29) is 11.1 Å². The molecule has 0 aliphatic carbocycles. The smallest absolute Gasteiger partial charge is 0.338 e. The van der Waals surface area contributed by atoms with Gasteiger partial charge >= 0.3 is 23.5 Å². The second-order valence-corrected chi connectivity index (χ2v) is 5.54. The van der Waals surface area contributed by atoms with E-state index in [2.05, 4.69) is 0 Å². The summed E-state index contributed by atoms with van der Waals surface area (Å²) in [6.45, 7) is 3.80. The summed E-state index contributed by atoms with van der Waals surface area (Å²) in [5.74, 6) is -0.169. The van der Waals surface area contributed by atoms with Crippen molar-refractivity contribution < 1.29 is 32.2 Å². The molecule has 0 heterocycles. The van der Waals surface area contributed by atoms with E-state index in [9.17, 15) is 9.59 Å². The van der Waals surface area contributed by atoms with Gasteiger partial charge in [-0.2, -0.15) is 8.42 Å². The molecule has 0 saturated carbocycles. The quantitative estimate of drug-likeness (QED) is 0.701. The van der Waals surface area contributed by atoms with Crippen LogP contribution >= 0.6 is 0 Å². The number of hydrogen-bond acceptors (Lipinski definition) is 7. The molecule has 0 unspecified atom stereocenters. The number of rotatable bonds is 5. The third kappa shape index (κ3) is 6.17. The lowest BCUT2D eigenvalue weighted by molar-refractivity contribution is 0.0598. The zero-order valence-electron chi connectivity index (χ0n) is 15.9. The predicted molar refractivity (Wildman–Crippen MR) is 104 cm³/mol.